The summed E-state index contributed by atoms with van der Waals surface area (Å²) in [5, 5.41) is 0. The lowest BCUT2D eigenvalue weighted by Gasteiger charge is -2.21. The third-order valence-corrected chi connectivity index (χ3v) is 5.63. The Labute approximate surface area is 196 Å². The van der Waals surface area contributed by atoms with E-state index in [0.29, 0.717) is 5.56 Å². The molecule has 4 rings (SSSR count). The Hall–Kier alpha value is -4.00. The van der Waals surface area contributed by atoms with E-state index in [4.69, 9.17) is 14.2 Å². The van der Waals surface area contributed by atoms with E-state index in [9.17, 15) is 14.4 Å². The van der Waals surface area contributed by atoms with Crippen molar-refractivity contribution in [3.8, 4) is 0 Å². The van der Waals surface area contributed by atoms with Gasteiger partial charge in [-0.1, -0.05) is 54.6 Å². The van der Waals surface area contributed by atoms with Crippen molar-refractivity contribution in [3.63, 3.8) is 0 Å². The summed E-state index contributed by atoms with van der Waals surface area (Å²) in [5.41, 5.74) is 0.896. The highest BCUT2D eigenvalue weighted by molar-refractivity contribution is 5.90. The van der Waals surface area contributed by atoms with Gasteiger partial charge in [-0.2, -0.15) is 0 Å². The molecule has 0 saturated heterocycles. The average Bonchev–Trinajstić information content (AvgIpc) is 3.17. The zero-order valence-corrected chi connectivity index (χ0v) is 18.2. The molecule has 6 nitrogen and oxygen atoms in total. The second-order valence-corrected chi connectivity index (χ2v) is 7.95. The SMILES string of the molecule is O=C(OC[C@H]1C[C@H](OC(=O)c2ccccc2)[C@@H](F)[C@@H]1OC(=O)c1ccccc1)c1ccccc1. The Bertz CT molecular complexity index is 1120. The second kappa shape index (κ2) is 10.7. The van der Waals surface area contributed by atoms with Gasteiger partial charge in [0.15, 0.2) is 6.17 Å². The summed E-state index contributed by atoms with van der Waals surface area (Å²) in [6.07, 6.45) is -4.14. The molecular weight excluding hydrogens is 439 g/mol. The number of hydrogen-bond donors (Lipinski definition) is 0. The van der Waals surface area contributed by atoms with Gasteiger partial charge in [0.25, 0.3) is 0 Å². The summed E-state index contributed by atoms with van der Waals surface area (Å²) in [5.74, 6) is -2.65. The minimum absolute atomic E-state index is 0.0363. The first kappa shape index (κ1) is 23.2. The third kappa shape index (κ3) is 5.49. The fraction of sp³-hybridized carbons (Fsp3) is 0.222. The van der Waals surface area contributed by atoms with Crippen molar-refractivity contribution in [2.24, 2.45) is 5.92 Å². The van der Waals surface area contributed by atoms with Gasteiger partial charge in [0.05, 0.1) is 23.3 Å². The van der Waals surface area contributed by atoms with Gasteiger partial charge in [0.1, 0.15) is 12.2 Å². The average molecular weight is 462 g/mol. The zero-order valence-electron chi connectivity index (χ0n) is 18.2. The van der Waals surface area contributed by atoms with Crippen molar-refractivity contribution in [3.05, 3.63) is 108 Å². The molecule has 0 spiro atoms. The van der Waals surface area contributed by atoms with Gasteiger partial charge in [-0.25, -0.2) is 18.8 Å². The van der Waals surface area contributed by atoms with Gasteiger partial charge in [0, 0.05) is 5.92 Å². The van der Waals surface area contributed by atoms with Crippen LogP contribution >= 0.6 is 0 Å². The molecule has 3 aromatic carbocycles. The number of alkyl halides is 1. The van der Waals surface area contributed by atoms with Gasteiger partial charge in [-0.05, 0) is 42.8 Å². The zero-order chi connectivity index (χ0) is 23.9. The van der Waals surface area contributed by atoms with Crippen LogP contribution in [0.4, 0.5) is 4.39 Å². The van der Waals surface area contributed by atoms with Crippen LogP contribution in [0.3, 0.4) is 0 Å². The number of rotatable bonds is 7. The Morgan fingerprint density at radius 2 is 1.12 bits per heavy atom. The first-order valence-corrected chi connectivity index (χ1v) is 10.9. The van der Waals surface area contributed by atoms with E-state index in [2.05, 4.69) is 0 Å². The minimum atomic E-state index is -1.78. The molecule has 0 unspecified atom stereocenters. The van der Waals surface area contributed by atoms with Crippen LogP contribution in [-0.2, 0) is 14.2 Å². The lowest BCUT2D eigenvalue weighted by atomic mass is 10.1. The standard InChI is InChI=1S/C27H23FO6/c28-23-22(33-26(30)19-12-6-2-7-13-19)16-21(17-32-25(29)18-10-4-1-5-11-18)24(23)34-27(31)20-14-8-3-9-15-20/h1-15,21-24H,16-17H2/t21-,22+,23-,24-/m1/s1. The van der Waals surface area contributed by atoms with Gasteiger partial charge in [-0.15, -0.1) is 0 Å². The molecule has 0 aromatic heterocycles. The Balaban J connectivity index is 1.47. The maximum Gasteiger partial charge on any atom is 0.338 e. The highest BCUT2D eigenvalue weighted by Gasteiger charge is 2.49. The van der Waals surface area contributed by atoms with Gasteiger partial charge in [-0.3, -0.25) is 0 Å². The summed E-state index contributed by atoms with van der Waals surface area (Å²) >= 11 is 0. The van der Waals surface area contributed by atoms with Crippen molar-refractivity contribution in [1.82, 2.24) is 0 Å². The van der Waals surface area contributed by atoms with Crippen molar-refractivity contribution in [2.45, 2.75) is 24.8 Å². The number of benzene rings is 3. The smallest absolute Gasteiger partial charge is 0.338 e. The summed E-state index contributed by atoms with van der Waals surface area (Å²) in [6, 6.07) is 24.8. The molecule has 1 aliphatic carbocycles. The van der Waals surface area contributed by atoms with E-state index in [1.54, 1.807) is 91.0 Å². The number of carbonyl (C=O) groups is 3. The predicted octanol–water partition coefficient (Wildman–Crippen LogP) is 4.65. The topological polar surface area (TPSA) is 78.9 Å². The molecule has 0 aliphatic heterocycles. The monoisotopic (exact) mass is 462 g/mol. The molecule has 174 valence electrons. The van der Waals surface area contributed by atoms with Crippen LogP contribution < -0.4 is 0 Å². The van der Waals surface area contributed by atoms with Crippen LogP contribution in [0.15, 0.2) is 91.0 Å². The van der Waals surface area contributed by atoms with Crippen molar-refractivity contribution < 1.29 is 33.0 Å². The van der Waals surface area contributed by atoms with E-state index in [1.807, 2.05) is 0 Å². The molecule has 1 aliphatic rings. The molecule has 0 N–H and O–H groups in total. The van der Waals surface area contributed by atoms with Crippen LogP contribution in [0.2, 0.25) is 0 Å². The highest BCUT2D eigenvalue weighted by Crippen LogP contribution is 2.35. The molecular formula is C27H23FO6. The molecule has 1 saturated carbocycles. The lowest BCUT2D eigenvalue weighted by Crippen LogP contribution is -2.35. The van der Waals surface area contributed by atoms with Gasteiger partial charge < -0.3 is 14.2 Å². The van der Waals surface area contributed by atoms with Crippen LogP contribution in [0.5, 0.6) is 0 Å². The van der Waals surface area contributed by atoms with Crippen LogP contribution in [0.25, 0.3) is 0 Å². The first-order chi connectivity index (χ1) is 16.5. The molecule has 1 fully saturated rings. The molecule has 0 amide bonds. The maximum atomic E-state index is 15.4. The molecule has 0 heterocycles. The molecule has 4 atom stereocenters. The lowest BCUT2D eigenvalue weighted by molar-refractivity contribution is -0.0270. The summed E-state index contributed by atoms with van der Waals surface area (Å²) < 4.78 is 31.7. The van der Waals surface area contributed by atoms with Crippen molar-refractivity contribution in [1.29, 1.82) is 0 Å². The van der Waals surface area contributed by atoms with Gasteiger partial charge in [0.2, 0.25) is 0 Å². The van der Waals surface area contributed by atoms with Crippen LogP contribution in [0.1, 0.15) is 37.5 Å². The number of carbonyl (C=O) groups excluding carboxylic acids is 3. The minimum Gasteiger partial charge on any atom is -0.462 e. The number of esters is 3. The third-order valence-electron chi connectivity index (χ3n) is 5.63. The largest absolute Gasteiger partial charge is 0.462 e. The van der Waals surface area contributed by atoms with Gasteiger partial charge >= 0.3 is 17.9 Å². The normalized spacial score (nSPS) is 21.4. The predicted molar refractivity (Wildman–Crippen MR) is 121 cm³/mol. The Morgan fingerprint density at radius 1 is 0.676 bits per heavy atom. The number of halogens is 1. The molecule has 3 aromatic rings. The molecule has 7 heteroatoms. The summed E-state index contributed by atoms with van der Waals surface area (Å²) in [4.78, 5) is 37.4. The van der Waals surface area contributed by atoms with E-state index in [-0.39, 0.29) is 24.2 Å². The Morgan fingerprint density at radius 3 is 1.62 bits per heavy atom. The maximum absolute atomic E-state index is 15.4. The first-order valence-electron chi connectivity index (χ1n) is 10.9. The molecule has 0 bridgehead atoms. The van der Waals surface area contributed by atoms with Crippen LogP contribution in [-0.4, -0.2) is 42.9 Å². The van der Waals surface area contributed by atoms with Crippen LogP contribution in [0, 0.1) is 5.92 Å². The second-order valence-electron chi connectivity index (χ2n) is 7.95. The highest BCUT2D eigenvalue weighted by atomic mass is 19.1. The van der Waals surface area contributed by atoms with E-state index in [1.165, 1.54) is 0 Å². The fourth-order valence-electron chi connectivity index (χ4n) is 3.86. The molecule has 0 radical (unpaired) electrons. The van der Waals surface area contributed by atoms with Crippen molar-refractivity contribution >= 4 is 17.9 Å². The number of ether oxygens (including phenoxy) is 3. The quantitative estimate of drug-likeness (QED) is 0.376. The fourth-order valence-corrected chi connectivity index (χ4v) is 3.86. The van der Waals surface area contributed by atoms with E-state index < -0.39 is 42.2 Å². The molecule has 34 heavy (non-hydrogen) atoms. The summed E-state index contributed by atoms with van der Waals surface area (Å²) in [7, 11) is 0. The summed E-state index contributed by atoms with van der Waals surface area (Å²) in [6.45, 7) is -0.194. The van der Waals surface area contributed by atoms with Crippen molar-refractivity contribution in [2.75, 3.05) is 6.61 Å². The Kier molecular flexibility index (Phi) is 7.32. The number of hydrogen-bond acceptors (Lipinski definition) is 6. The van der Waals surface area contributed by atoms with E-state index >= 15 is 4.39 Å². The van der Waals surface area contributed by atoms with E-state index in [0.717, 1.165) is 0 Å².